The van der Waals surface area contributed by atoms with Crippen LogP contribution in [0.2, 0.25) is 0 Å². The van der Waals surface area contributed by atoms with E-state index < -0.39 is 40.8 Å². The minimum atomic E-state index is -4.63. The summed E-state index contributed by atoms with van der Waals surface area (Å²) in [7, 11) is 0. The number of esters is 1. The van der Waals surface area contributed by atoms with E-state index in [2.05, 4.69) is 5.32 Å². The van der Waals surface area contributed by atoms with E-state index in [9.17, 15) is 27.2 Å². The third-order valence-corrected chi connectivity index (χ3v) is 6.56. The molecule has 0 aromatic heterocycles. The predicted octanol–water partition coefficient (Wildman–Crippen LogP) is 6.97. The van der Waals surface area contributed by atoms with E-state index in [-0.39, 0.29) is 23.6 Å². The van der Waals surface area contributed by atoms with E-state index in [1.54, 1.807) is 32.9 Å². The third-order valence-electron chi connectivity index (χ3n) is 6.56. The van der Waals surface area contributed by atoms with Gasteiger partial charge in [0.25, 0.3) is 0 Å². The molecule has 1 N–H and O–H groups in total. The van der Waals surface area contributed by atoms with Crippen molar-refractivity contribution in [1.82, 2.24) is 0 Å². The van der Waals surface area contributed by atoms with Gasteiger partial charge in [-0.25, -0.2) is 4.39 Å². The molecular weight excluding hydrogens is 474 g/mol. The molecule has 8 heteroatoms. The first-order chi connectivity index (χ1) is 16.6. The van der Waals surface area contributed by atoms with Gasteiger partial charge >= 0.3 is 12.1 Å². The van der Waals surface area contributed by atoms with Crippen LogP contribution in [0.3, 0.4) is 0 Å². The summed E-state index contributed by atoms with van der Waals surface area (Å²) in [6.07, 6.45) is -2.39. The van der Waals surface area contributed by atoms with Crippen molar-refractivity contribution >= 4 is 17.6 Å². The number of ether oxygens (including phenoxy) is 1. The van der Waals surface area contributed by atoms with Crippen LogP contribution in [-0.2, 0) is 27.2 Å². The molecule has 2 aromatic carbocycles. The van der Waals surface area contributed by atoms with Gasteiger partial charge in [-0.15, -0.1) is 0 Å². The van der Waals surface area contributed by atoms with Gasteiger partial charge in [-0.2, -0.15) is 13.2 Å². The van der Waals surface area contributed by atoms with Gasteiger partial charge in [0, 0.05) is 0 Å². The van der Waals surface area contributed by atoms with Crippen molar-refractivity contribution in [2.45, 2.75) is 78.0 Å². The van der Waals surface area contributed by atoms with Crippen LogP contribution in [0.4, 0.5) is 23.2 Å². The normalized spacial score (nSPS) is 16.7. The maximum Gasteiger partial charge on any atom is 0.392 e. The number of amides is 1. The van der Waals surface area contributed by atoms with Gasteiger partial charge in [-0.05, 0) is 75.3 Å². The van der Waals surface area contributed by atoms with Gasteiger partial charge in [-0.1, -0.05) is 44.2 Å². The molecule has 0 bridgehead atoms. The molecule has 1 fully saturated rings. The molecule has 1 aliphatic carbocycles. The van der Waals surface area contributed by atoms with Crippen molar-refractivity contribution in [3.63, 3.8) is 0 Å². The lowest BCUT2D eigenvalue weighted by Gasteiger charge is -2.26. The summed E-state index contributed by atoms with van der Waals surface area (Å²) in [5.41, 5.74) is 0.141. The molecule has 0 saturated heterocycles. The first-order valence-electron chi connectivity index (χ1n) is 12.1. The molecule has 2 unspecified atom stereocenters. The minimum absolute atomic E-state index is 0.202. The molecule has 0 spiro atoms. The van der Waals surface area contributed by atoms with E-state index in [4.69, 9.17) is 4.74 Å². The number of halogens is 4. The Morgan fingerprint density at radius 1 is 1.03 bits per heavy atom. The molecule has 0 radical (unpaired) electrons. The number of nitrogens with one attached hydrogen (secondary N) is 1. The van der Waals surface area contributed by atoms with E-state index in [0.29, 0.717) is 24.8 Å². The molecular formula is C28H33F4NO3. The summed E-state index contributed by atoms with van der Waals surface area (Å²) in [4.78, 5) is 25.8. The van der Waals surface area contributed by atoms with Crippen LogP contribution in [0.15, 0.2) is 42.5 Å². The molecule has 36 heavy (non-hydrogen) atoms. The van der Waals surface area contributed by atoms with Gasteiger partial charge in [0.15, 0.2) is 0 Å². The van der Waals surface area contributed by atoms with E-state index in [0.717, 1.165) is 18.6 Å². The van der Waals surface area contributed by atoms with Gasteiger partial charge in [0.2, 0.25) is 5.91 Å². The summed E-state index contributed by atoms with van der Waals surface area (Å²) < 4.78 is 61.1. The number of hydrogen-bond donors (Lipinski definition) is 1. The molecule has 1 amide bonds. The number of rotatable bonds is 8. The summed E-state index contributed by atoms with van der Waals surface area (Å²) in [6.45, 7) is 8.20. The summed E-state index contributed by atoms with van der Waals surface area (Å²) in [5.74, 6) is -5.60. The molecule has 3 rings (SSSR count). The number of anilines is 1. The molecule has 0 aliphatic heterocycles. The van der Waals surface area contributed by atoms with Crippen LogP contribution in [0.5, 0.6) is 0 Å². The second kappa shape index (κ2) is 10.2. The van der Waals surface area contributed by atoms with Crippen LogP contribution in [0.1, 0.15) is 70.1 Å². The fraction of sp³-hybridized carbons (Fsp3) is 0.500. The number of carbonyl (C=O) groups excluding carboxylic acids is 2. The van der Waals surface area contributed by atoms with Crippen LogP contribution in [-0.4, -0.2) is 23.7 Å². The smallest absolute Gasteiger partial charge is 0.392 e. The molecule has 2 atom stereocenters. The summed E-state index contributed by atoms with van der Waals surface area (Å²) in [5, 5.41) is 2.37. The summed E-state index contributed by atoms with van der Waals surface area (Å²) >= 11 is 0. The lowest BCUT2D eigenvalue weighted by Crippen LogP contribution is -2.34. The Balaban J connectivity index is 1.85. The Morgan fingerprint density at radius 2 is 1.61 bits per heavy atom. The highest BCUT2D eigenvalue weighted by atomic mass is 19.4. The highest BCUT2D eigenvalue weighted by molar-refractivity contribution is 5.96. The van der Waals surface area contributed by atoms with Crippen LogP contribution in [0, 0.1) is 17.2 Å². The van der Waals surface area contributed by atoms with E-state index in [1.807, 2.05) is 6.92 Å². The molecule has 1 aliphatic rings. The lowest BCUT2D eigenvalue weighted by atomic mass is 9.85. The van der Waals surface area contributed by atoms with E-state index >= 15 is 0 Å². The second-order valence-corrected chi connectivity index (χ2v) is 10.7. The van der Waals surface area contributed by atoms with Gasteiger partial charge in [0.1, 0.15) is 11.4 Å². The third kappa shape index (κ3) is 6.65. The lowest BCUT2D eigenvalue weighted by molar-refractivity contribution is -0.178. The zero-order valence-electron chi connectivity index (χ0n) is 21.3. The maximum absolute atomic E-state index is 14.6. The SMILES string of the molecule is CCc1ccc(C(C(=O)Nc2cc(CC3(C(=O)OC(C)(C)C)CC3)ccc2F)C(C)C(F)(F)F)cc1. The van der Waals surface area contributed by atoms with Crippen molar-refractivity contribution in [3.05, 3.63) is 65.0 Å². The zero-order chi connectivity index (χ0) is 26.9. The van der Waals surface area contributed by atoms with Crippen molar-refractivity contribution in [3.8, 4) is 0 Å². The Bertz CT molecular complexity index is 1100. The largest absolute Gasteiger partial charge is 0.460 e. The number of hydrogen-bond acceptors (Lipinski definition) is 3. The Kier molecular flexibility index (Phi) is 7.86. The van der Waals surface area contributed by atoms with Crippen molar-refractivity contribution in [1.29, 1.82) is 0 Å². The molecule has 0 heterocycles. The maximum atomic E-state index is 14.6. The van der Waals surface area contributed by atoms with Crippen molar-refractivity contribution in [2.24, 2.45) is 11.3 Å². The van der Waals surface area contributed by atoms with Crippen molar-refractivity contribution < 1.29 is 31.9 Å². The molecule has 4 nitrogen and oxygen atoms in total. The fourth-order valence-electron chi connectivity index (χ4n) is 4.19. The topological polar surface area (TPSA) is 55.4 Å². The number of aryl methyl sites for hydroxylation is 1. The van der Waals surface area contributed by atoms with Gasteiger partial charge in [-0.3, -0.25) is 9.59 Å². The monoisotopic (exact) mass is 507 g/mol. The summed E-state index contributed by atoms with van der Waals surface area (Å²) in [6, 6.07) is 10.4. The highest BCUT2D eigenvalue weighted by Gasteiger charge is 2.52. The Labute approximate surface area is 209 Å². The quantitative estimate of drug-likeness (QED) is 0.310. The van der Waals surface area contributed by atoms with Crippen molar-refractivity contribution in [2.75, 3.05) is 5.32 Å². The number of carbonyl (C=O) groups is 2. The predicted molar refractivity (Wildman–Crippen MR) is 130 cm³/mol. The molecule has 2 aromatic rings. The average Bonchev–Trinajstić information content (AvgIpc) is 3.56. The Hall–Kier alpha value is -2.90. The number of benzene rings is 2. The van der Waals surface area contributed by atoms with Crippen LogP contribution in [0.25, 0.3) is 0 Å². The van der Waals surface area contributed by atoms with Crippen LogP contribution >= 0.6 is 0 Å². The average molecular weight is 508 g/mol. The standard InChI is InChI=1S/C28H33F4NO3/c1-6-18-7-10-20(11-8-18)23(17(2)28(30,31)32)24(34)33-22-15-19(9-12-21(22)29)16-27(13-14-27)25(35)36-26(3,4)5/h7-12,15,17,23H,6,13-14,16H2,1-5H3,(H,33,34). The molecule has 1 saturated carbocycles. The van der Waals surface area contributed by atoms with Gasteiger partial charge in [0.05, 0.1) is 22.9 Å². The first kappa shape index (κ1) is 27.7. The number of alkyl halides is 3. The first-order valence-corrected chi connectivity index (χ1v) is 12.1. The highest BCUT2D eigenvalue weighted by Crippen LogP contribution is 2.50. The van der Waals surface area contributed by atoms with E-state index in [1.165, 1.54) is 24.3 Å². The zero-order valence-corrected chi connectivity index (χ0v) is 21.3. The van der Waals surface area contributed by atoms with Gasteiger partial charge < -0.3 is 10.1 Å². The second-order valence-electron chi connectivity index (χ2n) is 10.7. The fourth-order valence-corrected chi connectivity index (χ4v) is 4.19. The Morgan fingerprint density at radius 3 is 2.11 bits per heavy atom. The van der Waals surface area contributed by atoms with Crippen LogP contribution < -0.4 is 5.32 Å². The minimum Gasteiger partial charge on any atom is -0.460 e. The molecule has 196 valence electrons.